The van der Waals surface area contributed by atoms with Gasteiger partial charge in [0.1, 0.15) is 11.4 Å². The standard InChI is InChI=1S/C12H17N3O3/c16-10-1-2-11(12(7-10)15(17)18)14-8-9-3-5-13-6-4-9/h1-2,7,9,13-14,16H,3-6,8H2. The van der Waals surface area contributed by atoms with Gasteiger partial charge in [-0.3, -0.25) is 10.1 Å². The average molecular weight is 251 g/mol. The van der Waals surface area contributed by atoms with Crippen LogP contribution in [0.5, 0.6) is 5.75 Å². The number of nitrogens with one attached hydrogen (secondary N) is 2. The van der Waals surface area contributed by atoms with Crippen LogP contribution in [-0.2, 0) is 0 Å². The molecule has 0 aliphatic carbocycles. The quantitative estimate of drug-likeness (QED) is 0.431. The molecule has 1 fully saturated rings. The van der Waals surface area contributed by atoms with Gasteiger partial charge >= 0.3 is 0 Å². The van der Waals surface area contributed by atoms with Gasteiger partial charge in [-0.25, -0.2) is 0 Å². The lowest BCUT2D eigenvalue weighted by Gasteiger charge is -2.23. The Kier molecular flexibility index (Phi) is 3.99. The van der Waals surface area contributed by atoms with Crippen molar-refractivity contribution in [3.8, 4) is 5.75 Å². The lowest BCUT2D eigenvalue weighted by molar-refractivity contribution is -0.384. The molecule has 0 atom stereocenters. The van der Waals surface area contributed by atoms with E-state index in [9.17, 15) is 15.2 Å². The van der Waals surface area contributed by atoms with Crippen molar-refractivity contribution in [1.82, 2.24) is 5.32 Å². The summed E-state index contributed by atoms with van der Waals surface area (Å²) in [6.45, 7) is 2.74. The van der Waals surface area contributed by atoms with Crippen LogP contribution < -0.4 is 10.6 Å². The molecule has 6 nitrogen and oxygen atoms in total. The van der Waals surface area contributed by atoms with Gasteiger partial charge in [0.25, 0.3) is 5.69 Å². The molecule has 0 spiro atoms. The summed E-state index contributed by atoms with van der Waals surface area (Å²) in [5, 5.41) is 26.5. The van der Waals surface area contributed by atoms with Crippen molar-refractivity contribution in [2.45, 2.75) is 12.8 Å². The van der Waals surface area contributed by atoms with E-state index in [1.807, 2.05) is 0 Å². The third kappa shape index (κ3) is 3.10. The highest BCUT2D eigenvalue weighted by Gasteiger charge is 2.17. The molecule has 18 heavy (non-hydrogen) atoms. The van der Waals surface area contributed by atoms with E-state index in [4.69, 9.17) is 0 Å². The highest BCUT2D eigenvalue weighted by molar-refractivity contribution is 5.63. The number of nitro benzene ring substituents is 1. The van der Waals surface area contributed by atoms with Crippen LogP contribution in [0.4, 0.5) is 11.4 Å². The van der Waals surface area contributed by atoms with Crippen molar-refractivity contribution in [1.29, 1.82) is 0 Å². The van der Waals surface area contributed by atoms with E-state index in [0.29, 0.717) is 11.6 Å². The van der Waals surface area contributed by atoms with Crippen molar-refractivity contribution in [2.24, 2.45) is 5.92 Å². The summed E-state index contributed by atoms with van der Waals surface area (Å²) >= 11 is 0. The van der Waals surface area contributed by atoms with E-state index >= 15 is 0 Å². The van der Waals surface area contributed by atoms with Crippen LogP contribution in [0.3, 0.4) is 0 Å². The van der Waals surface area contributed by atoms with Crippen LogP contribution in [0.15, 0.2) is 18.2 Å². The minimum absolute atomic E-state index is 0.0797. The Morgan fingerprint density at radius 1 is 1.44 bits per heavy atom. The minimum atomic E-state index is -0.482. The normalized spacial score (nSPS) is 16.4. The predicted molar refractivity (Wildman–Crippen MR) is 68.8 cm³/mol. The van der Waals surface area contributed by atoms with Gasteiger partial charge in [0.05, 0.1) is 11.0 Å². The fourth-order valence-electron chi connectivity index (χ4n) is 2.16. The maximum atomic E-state index is 10.9. The van der Waals surface area contributed by atoms with Crippen molar-refractivity contribution >= 4 is 11.4 Å². The zero-order valence-electron chi connectivity index (χ0n) is 10.1. The summed E-state index contributed by atoms with van der Waals surface area (Å²) in [4.78, 5) is 10.4. The van der Waals surface area contributed by atoms with Crippen LogP contribution in [0.1, 0.15) is 12.8 Å². The average Bonchev–Trinajstić information content (AvgIpc) is 2.38. The lowest BCUT2D eigenvalue weighted by atomic mass is 9.98. The Morgan fingerprint density at radius 2 is 2.17 bits per heavy atom. The summed E-state index contributed by atoms with van der Waals surface area (Å²) in [5.74, 6) is 0.453. The summed E-state index contributed by atoms with van der Waals surface area (Å²) in [6, 6.07) is 4.18. The first-order valence-electron chi connectivity index (χ1n) is 6.09. The monoisotopic (exact) mass is 251 g/mol. The van der Waals surface area contributed by atoms with Crippen LogP contribution in [-0.4, -0.2) is 29.7 Å². The maximum Gasteiger partial charge on any atom is 0.296 e. The van der Waals surface area contributed by atoms with Gasteiger partial charge in [0.15, 0.2) is 0 Å². The topological polar surface area (TPSA) is 87.4 Å². The molecule has 0 aromatic heterocycles. The second kappa shape index (κ2) is 5.68. The molecule has 0 radical (unpaired) electrons. The molecule has 1 heterocycles. The summed E-state index contributed by atoms with van der Waals surface area (Å²) in [7, 11) is 0. The van der Waals surface area contributed by atoms with Gasteiger partial charge < -0.3 is 15.7 Å². The molecule has 6 heteroatoms. The molecule has 98 valence electrons. The molecule has 3 N–H and O–H groups in total. The van der Waals surface area contributed by atoms with Gasteiger partial charge in [-0.1, -0.05) is 0 Å². The third-order valence-electron chi connectivity index (χ3n) is 3.22. The van der Waals surface area contributed by atoms with E-state index < -0.39 is 4.92 Å². The first kappa shape index (κ1) is 12.6. The second-order valence-corrected chi connectivity index (χ2v) is 4.53. The van der Waals surface area contributed by atoms with E-state index in [2.05, 4.69) is 10.6 Å². The highest BCUT2D eigenvalue weighted by atomic mass is 16.6. The molecule has 0 amide bonds. The van der Waals surface area contributed by atoms with Crippen molar-refractivity contribution < 1.29 is 10.0 Å². The Morgan fingerprint density at radius 3 is 2.83 bits per heavy atom. The molecule has 1 aromatic carbocycles. The fourth-order valence-corrected chi connectivity index (χ4v) is 2.16. The number of hydrogen-bond donors (Lipinski definition) is 3. The number of phenolic OH excluding ortho intramolecular Hbond substituents is 1. The molecular weight excluding hydrogens is 234 g/mol. The number of hydrogen-bond acceptors (Lipinski definition) is 5. The number of piperidine rings is 1. The van der Waals surface area contributed by atoms with Crippen molar-refractivity contribution in [3.05, 3.63) is 28.3 Å². The number of aromatic hydroxyl groups is 1. The summed E-state index contributed by atoms with van der Waals surface area (Å²) < 4.78 is 0. The molecule has 1 aliphatic rings. The first-order valence-corrected chi connectivity index (χ1v) is 6.09. The molecule has 1 aromatic rings. The third-order valence-corrected chi connectivity index (χ3v) is 3.22. The van der Waals surface area contributed by atoms with Gasteiger partial charge in [-0.15, -0.1) is 0 Å². The Bertz CT molecular complexity index is 431. The van der Waals surface area contributed by atoms with Crippen molar-refractivity contribution in [2.75, 3.05) is 25.0 Å². The maximum absolute atomic E-state index is 10.9. The van der Waals surface area contributed by atoms with E-state index in [1.54, 1.807) is 6.07 Å². The zero-order valence-corrected chi connectivity index (χ0v) is 10.1. The molecule has 2 rings (SSSR count). The fraction of sp³-hybridized carbons (Fsp3) is 0.500. The Hall–Kier alpha value is -1.82. The molecule has 0 unspecified atom stereocenters. The summed E-state index contributed by atoms with van der Waals surface area (Å²) in [6.07, 6.45) is 2.16. The van der Waals surface area contributed by atoms with E-state index in [-0.39, 0.29) is 11.4 Å². The van der Waals surface area contributed by atoms with Crippen LogP contribution in [0.25, 0.3) is 0 Å². The van der Waals surface area contributed by atoms with E-state index in [0.717, 1.165) is 32.5 Å². The lowest BCUT2D eigenvalue weighted by Crippen LogP contribution is -2.31. The van der Waals surface area contributed by atoms with Gasteiger partial charge in [-0.2, -0.15) is 0 Å². The zero-order chi connectivity index (χ0) is 13.0. The largest absolute Gasteiger partial charge is 0.508 e. The number of nitro groups is 1. The smallest absolute Gasteiger partial charge is 0.296 e. The number of nitrogens with zero attached hydrogens (tertiary/aromatic N) is 1. The van der Waals surface area contributed by atoms with Crippen LogP contribution >= 0.6 is 0 Å². The molecule has 0 saturated carbocycles. The molecule has 1 saturated heterocycles. The van der Waals surface area contributed by atoms with Crippen LogP contribution in [0.2, 0.25) is 0 Å². The van der Waals surface area contributed by atoms with Crippen LogP contribution in [0, 0.1) is 16.0 Å². The molecular formula is C12H17N3O3. The number of anilines is 1. The Labute approximate surface area is 105 Å². The molecule has 1 aliphatic heterocycles. The van der Waals surface area contributed by atoms with Gasteiger partial charge in [-0.05, 0) is 44.0 Å². The Balaban J connectivity index is 2.01. The first-order chi connectivity index (χ1) is 8.66. The SMILES string of the molecule is O=[N+]([O-])c1cc(O)ccc1NCC1CCNCC1. The van der Waals surface area contributed by atoms with Crippen molar-refractivity contribution in [3.63, 3.8) is 0 Å². The predicted octanol–water partition coefficient (Wildman–Crippen LogP) is 1.71. The van der Waals surface area contributed by atoms with Gasteiger partial charge in [0, 0.05) is 6.54 Å². The second-order valence-electron chi connectivity index (χ2n) is 4.53. The minimum Gasteiger partial charge on any atom is -0.508 e. The summed E-state index contributed by atoms with van der Waals surface area (Å²) in [5.41, 5.74) is 0.389. The number of benzene rings is 1. The van der Waals surface area contributed by atoms with Gasteiger partial charge in [0.2, 0.25) is 0 Å². The molecule has 0 bridgehead atoms. The number of phenols is 1. The highest BCUT2D eigenvalue weighted by Crippen LogP contribution is 2.28. The van der Waals surface area contributed by atoms with E-state index in [1.165, 1.54) is 12.1 Å². The number of rotatable bonds is 4.